The fraction of sp³-hybridized carbons (Fsp3) is 0.226. The summed E-state index contributed by atoms with van der Waals surface area (Å²) in [6, 6.07) is 46.6. The number of pyridine rings is 2. The Labute approximate surface area is 343 Å². The van der Waals surface area contributed by atoms with Gasteiger partial charge in [0.2, 0.25) is 0 Å². The van der Waals surface area contributed by atoms with Crippen molar-refractivity contribution in [2.45, 2.75) is 78.6 Å². The Bertz CT molecular complexity index is 2710. The molecule has 0 aliphatic heterocycles. The molecular formula is C53H52N4O. The van der Waals surface area contributed by atoms with Crippen LogP contribution in [0.15, 0.2) is 146 Å². The van der Waals surface area contributed by atoms with Crippen molar-refractivity contribution in [3.05, 3.63) is 163 Å². The van der Waals surface area contributed by atoms with Crippen LogP contribution in [0.25, 0.3) is 72.9 Å². The van der Waals surface area contributed by atoms with Crippen LogP contribution >= 0.6 is 0 Å². The van der Waals surface area contributed by atoms with E-state index in [2.05, 4.69) is 176 Å². The van der Waals surface area contributed by atoms with Gasteiger partial charge in [0.05, 0.1) is 16.9 Å². The average Bonchev–Trinajstić information content (AvgIpc) is 3.59. The number of para-hydroxylation sites is 1. The summed E-state index contributed by atoms with van der Waals surface area (Å²) in [7, 11) is 0. The normalized spacial score (nSPS) is 12.3. The quantitative estimate of drug-likeness (QED) is 0.183. The Balaban J connectivity index is 1.55. The molecule has 0 fully saturated rings. The van der Waals surface area contributed by atoms with E-state index in [0.29, 0.717) is 17.0 Å². The van der Waals surface area contributed by atoms with Crippen LogP contribution in [0.3, 0.4) is 0 Å². The number of hydrogen-bond acceptors (Lipinski definition) is 4. The Morgan fingerprint density at radius 1 is 0.466 bits per heavy atom. The summed E-state index contributed by atoms with van der Waals surface area (Å²) < 4.78 is 2.20. The van der Waals surface area contributed by atoms with Crippen molar-refractivity contribution in [1.82, 2.24) is 19.5 Å². The Morgan fingerprint density at radius 2 is 1.05 bits per heavy atom. The summed E-state index contributed by atoms with van der Waals surface area (Å²) in [5.74, 6) is 0.853. The largest absolute Gasteiger partial charge is 0.507 e. The maximum absolute atomic E-state index is 12.5. The molecule has 1 N–H and O–H groups in total. The third-order valence-corrected chi connectivity index (χ3v) is 11.1. The minimum Gasteiger partial charge on any atom is -0.507 e. The van der Waals surface area contributed by atoms with Gasteiger partial charge in [0, 0.05) is 40.2 Å². The van der Waals surface area contributed by atoms with Crippen LogP contribution in [-0.4, -0.2) is 24.6 Å². The van der Waals surface area contributed by atoms with Gasteiger partial charge in [-0.3, -0.25) is 9.55 Å². The fourth-order valence-electron chi connectivity index (χ4n) is 7.79. The van der Waals surface area contributed by atoms with E-state index >= 15 is 0 Å². The number of imidazole rings is 1. The van der Waals surface area contributed by atoms with Crippen molar-refractivity contribution in [2.75, 3.05) is 0 Å². The molecule has 0 saturated carbocycles. The first-order chi connectivity index (χ1) is 27.6. The van der Waals surface area contributed by atoms with E-state index in [4.69, 9.17) is 15.0 Å². The lowest BCUT2D eigenvalue weighted by atomic mass is 9.79. The standard InChI is InChI=1S/C53H52N4O/c1-51(2,3)38-30-36(29-37(31-38)45-25-16-17-27-54-45)40-26-28-55-50-46(40)56-49(43-32-39(52(4,5)6)33-44(48(43)58)53(7,8)9)57(50)47-41(34-19-12-10-13-20-34)23-18-24-42(47)35-21-14-11-15-22-35/h10-33,58H,1-9H3. The molecule has 0 unspecified atom stereocenters. The molecule has 0 spiro atoms. The molecule has 5 aromatic carbocycles. The van der Waals surface area contributed by atoms with Crippen molar-refractivity contribution in [2.24, 2.45) is 0 Å². The molecular weight excluding hydrogens is 709 g/mol. The predicted octanol–water partition coefficient (Wildman–Crippen LogP) is 13.7. The highest BCUT2D eigenvalue weighted by Gasteiger charge is 2.30. The summed E-state index contributed by atoms with van der Waals surface area (Å²) in [6.45, 7) is 19.8. The number of fused-ring (bicyclic) bond motifs is 1. The van der Waals surface area contributed by atoms with Gasteiger partial charge in [0.15, 0.2) is 11.5 Å². The topological polar surface area (TPSA) is 63.8 Å². The lowest BCUT2D eigenvalue weighted by Gasteiger charge is -2.28. The number of aromatic nitrogens is 4. The average molecular weight is 761 g/mol. The minimum absolute atomic E-state index is 0.127. The smallest absolute Gasteiger partial charge is 0.165 e. The molecule has 0 radical (unpaired) electrons. The number of rotatable bonds is 6. The fourth-order valence-corrected chi connectivity index (χ4v) is 7.79. The van der Waals surface area contributed by atoms with Gasteiger partial charge in [-0.25, -0.2) is 9.97 Å². The van der Waals surface area contributed by atoms with Gasteiger partial charge in [-0.1, -0.05) is 159 Å². The molecule has 8 aromatic rings. The highest BCUT2D eigenvalue weighted by atomic mass is 16.3. The minimum atomic E-state index is -0.341. The molecule has 3 aromatic heterocycles. The van der Waals surface area contributed by atoms with Gasteiger partial charge in [-0.15, -0.1) is 0 Å². The molecule has 58 heavy (non-hydrogen) atoms. The lowest BCUT2D eigenvalue weighted by molar-refractivity contribution is 0.446. The van der Waals surface area contributed by atoms with Crippen molar-refractivity contribution in [1.29, 1.82) is 0 Å². The monoisotopic (exact) mass is 760 g/mol. The van der Waals surface area contributed by atoms with Gasteiger partial charge >= 0.3 is 0 Å². The number of benzene rings is 5. The molecule has 5 heteroatoms. The second-order valence-electron chi connectivity index (χ2n) is 18.4. The van der Waals surface area contributed by atoms with Crippen LogP contribution < -0.4 is 0 Å². The zero-order valence-electron chi connectivity index (χ0n) is 35.1. The van der Waals surface area contributed by atoms with Gasteiger partial charge in [-0.05, 0) is 80.5 Å². The van der Waals surface area contributed by atoms with E-state index in [1.165, 1.54) is 5.56 Å². The first-order valence-corrected chi connectivity index (χ1v) is 20.2. The Kier molecular flexibility index (Phi) is 9.67. The molecule has 0 aliphatic rings. The summed E-state index contributed by atoms with van der Waals surface area (Å²) in [5.41, 5.74) is 13.7. The van der Waals surface area contributed by atoms with Crippen molar-refractivity contribution in [3.8, 4) is 67.5 Å². The zero-order valence-corrected chi connectivity index (χ0v) is 35.1. The Hall–Kier alpha value is -6.33. The van der Waals surface area contributed by atoms with Crippen LogP contribution in [0, 0.1) is 0 Å². The van der Waals surface area contributed by atoms with E-state index in [1.807, 2.05) is 36.7 Å². The van der Waals surface area contributed by atoms with Crippen LogP contribution in [-0.2, 0) is 16.2 Å². The molecule has 0 aliphatic carbocycles. The zero-order chi connectivity index (χ0) is 41.0. The molecule has 0 amide bonds. The molecule has 290 valence electrons. The number of nitrogens with zero attached hydrogens (tertiary/aromatic N) is 4. The first kappa shape index (κ1) is 38.5. The van der Waals surface area contributed by atoms with Gasteiger partial charge in [-0.2, -0.15) is 0 Å². The van der Waals surface area contributed by atoms with E-state index < -0.39 is 0 Å². The third kappa shape index (κ3) is 7.22. The number of phenolic OH excluding ortho intramolecular Hbond substituents is 1. The van der Waals surface area contributed by atoms with E-state index in [0.717, 1.165) is 67.0 Å². The predicted molar refractivity (Wildman–Crippen MR) is 242 cm³/mol. The second kappa shape index (κ2) is 14.6. The van der Waals surface area contributed by atoms with Gasteiger partial charge in [0.25, 0.3) is 0 Å². The first-order valence-electron chi connectivity index (χ1n) is 20.2. The van der Waals surface area contributed by atoms with Crippen LogP contribution in [0.4, 0.5) is 0 Å². The summed E-state index contributed by atoms with van der Waals surface area (Å²) in [5, 5.41) is 12.5. The van der Waals surface area contributed by atoms with Crippen LogP contribution in [0.2, 0.25) is 0 Å². The van der Waals surface area contributed by atoms with Crippen LogP contribution in [0.5, 0.6) is 5.75 Å². The highest BCUT2D eigenvalue weighted by molar-refractivity contribution is 5.97. The number of phenols is 1. The maximum atomic E-state index is 12.5. The van der Waals surface area contributed by atoms with E-state index in [1.54, 1.807) is 0 Å². The SMILES string of the molecule is CC(C)(C)c1cc(-c2ccccn2)cc(-c2ccnc3c2nc(-c2cc(C(C)(C)C)cc(C(C)(C)C)c2O)n3-c2c(-c3ccccc3)cccc2-c2ccccc2)c1. The van der Waals surface area contributed by atoms with Crippen molar-refractivity contribution < 1.29 is 5.11 Å². The van der Waals surface area contributed by atoms with E-state index in [-0.39, 0.29) is 22.0 Å². The molecule has 3 heterocycles. The van der Waals surface area contributed by atoms with E-state index in [9.17, 15) is 5.11 Å². The van der Waals surface area contributed by atoms with Gasteiger partial charge in [0.1, 0.15) is 11.3 Å². The van der Waals surface area contributed by atoms with Gasteiger partial charge < -0.3 is 5.11 Å². The lowest BCUT2D eigenvalue weighted by Crippen LogP contribution is -2.17. The molecule has 8 rings (SSSR count). The summed E-state index contributed by atoms with van der Waals surface area (Å²) >= 11 is 0. The maximum Gasteiger partial charge on any atom is 0.165 e. The summed E-state index contributed by atoms with van der Waals surface area (Å²) in [4.78, 5) is 15.6. The molecule has 0 atom stereocenters. The number of hydrogen-bond donors (Lipinski definition) is 1. The van der Waals surface area contributed by atoms with Crippen molar-refractivity contribution >= 4 is 11.2 Å². The molecule has 5 nitrogen and oxygen atoms in total. The molecule has 0 saturated heterocycles. The summed E-state index contributed by atoms with van der Waals surface area (Å²) in [6.07, 6.45) is 3.74. The molecule has 0 bridgehead atoms. The highest BCUT2D eigenvalue weighted by Crippen LogP contribution is 2.47. The number of aromatic hydroxyl groups is 1. The third-order valence-electron chi connectivity index (χ3n) is 11.1. The van der Waals surface area contributed by atoms with Crippen LogP contribution in [0.1, 0.15) is 79.0 Å². The Morgan fingerprint density at radius 3 is 1.62 bits per heavy atom. The second-order valence-corrected chi connectivity index (χ2v) is 18.4. The van der Waals surface area contributed by atoms with Crippen molar-refractivity contribution in [3.63, 3.8) is 0 Å².